The standard InChI is InChI=1S/C23H33N3O3/c1-18-8-9-20(16-21(18)29-2)23(28)26-14-12-25(13-15-26)17-22(27)24-11-10-19-6-4-3-5-7-19/h6,8-9,16H,3-5,7,10-15,17H2,1-2H3,(H,24,27). The van der Waals surface area contributed by atoms with E-state index in [0.29, 0.717) is 38.3 Å². The molecule has 6 heteroatoms. The van der Waals surface area contributed by atoms with Crippen LogP contribution in [0.25, 0.3) is 0 Å². The minimum Gasteiger partial charge on any atom is -0.496 e. The molecule has 0 radical (unpaired) electrons. The van der Waals surface area contributed by atoms with Crippen LogP contribution < -0.4 is 10.1 Å². The Labute approximate surface area is 173 Å². The van der Waals surface area contributed by atoms with Crippen molar-refractivity contribution in [1.29, 1.82) is 0 Å². The molecule has 3 rings (SSSR count). The summed E-state index contributed by atoms with van der Waals surface area (Å²) in [7, 11) is 1.62. The van der Waals surface area contributed by atoms with Gasteiger partial charge in [0.2, 0.25) is 5.91 Å². The molecule has 1 aliphatic heterocycles. The van der Waals surface area contributed by atoms with Crippen molar-refractivity contribution in [1.82, 2.24) is 15.1 Å². The number of benzene rings is 1. The average molecular weight is 400 g/mol. The summed E-state index contributed by atoms with van der Waals surface area (Å²) >= 11 is 0. The molecule has 1 fully saturated rings. The van der Waals surface area contributed by atoms with Gasteiger partial charge >= 0.3 is 0 Å². The van der Waals surface area contributed by atoms with Crippen LogP contribution in [0.5, 0.6) is 5.75 Å². The van der Waals surface area contributed by atoms with E-state index in [4.69, 9.17) is 4.74 Å². The molecule has 0 saturated carbocycles. The number of carbonyl (C=O) groups is 2. The SMILES string of the molecule is COc1cc(C(=O)N2CCN(CC(=O)NCCC3=CCCCC3)CC2)ccc1C. The van der Waals surface area contributed by atoms with Crippen molar-refractivity contribution < 1.29 is 14.3 Å². The van der Waals surface area contributed by atoms with E-state index in [9.17, 15) is 9.59 Å². The molecule has 1 saturated heterocycles. The second-order valence-corrected chi connectivity index (χ2v) is 7.96. The molecule has 6 nitrogen and oxygen atoms in total. The van der Waals surface area contributed by atoms with E-state index in [2.05, 4.69) is 16.3 Å². The monoisotopic (exact) mass is 399 g/mol. The highest BCUT2D eigenvalue weighted by atomic mass is 16.5. The number of methoxy groups -OCH3 is 1. The minimum absolute atomic E-state index is 0.0214. The van der Waals surface area contributed by atoms with E-state index in [0.717, 1.165) is 24.3 Å². The van der Waals surface area contributed by atoms with Gasteiger partial charge in [-0.3, -0.25) is 14.5 Å². The lowest BCUT2D eigenvalue weighted by molar-refractivity contribution is -0.122. The van der Waals surface area contributed by atoms with Crippen molar-refractivity contribution in [2.75, 3.05) is 46.4 Å². The van der Waals surface area contributed by atoms with E-state index in [1.165, 1.54) is 31.3 Å². The molecule has 29 heavy (non-hydrogen) atoms. The van der Waals surface area contributed by atoms with E-state index < -0.39 is 0 Å². The third-order valence-electron chi connectivity index (χ3n) is 5.84. The van der Waals surface area contributed by atoms with Gasteiger partial charge in [0, 0.05) is 38.3 Å². The fourth-order valence-electron chi connectivity index (χ4n) is 4.00. The van der Waals surface area contributed by atoms with Crippen LogP contribution in [0.1, 0.15) is 48.0 Å². The number of rotatable bonds is 7. The van der Waals surface area contributed by atoms with E-state index in [1.807, 2.05) is 24.0 Å². The molecule has 1 N–H and O–H groups in total. The van der Waals surface area contributed by atoms with Crippen LogP contribution >= 0.6 is 0 Å². The maximum atomic E-state index is 12.8. The third kappa shape index (κ3) is 6.07. The first kappa shape index (κ1) is 21.4. The average Bonchev–Trinajstić information content (AvgIpc) is 2.75. The molecule has 0 unspecified atom stereocenters. The summed E-state index contributed by atoms with van der Waals surface area (Å²) in [6.45, 7) is 5.78. The van der Waals surface area contributed by atoms with Crippen molar-refractivity contribution >= 4 is 11.8 Å². The fourth-order valence-corrected chi connectivity index (χ4v) is 4.00. The molecule has 0 bridgehead atoms. The molecular formula is C23H33N3O3. The van der Waals surface area contributed by atoms with Crippen molar-refractivity contribution in [3.63, 3.8) is 0 Å². The van der Waals surface area contributed by atoms with Gasteiger partial charge in [-0.2, -0.15) is 0 Å². The molecular weight excluding hydrogens is 366 g/mol. The van der Waals surface area contributed by atoms with Gasteiger partial charge in [0.25, 0.3) is 5.91 Å². The van der Waals surface area contributed by atoms with Crippen LogP contribution in [0.2, 0.25) is 0 Å². The minimum atomic E-state index is 0.0214. The molecule has 2 aliphatic rings. The number of piperazine rings is 1. The van der Waals surface area contributed by atoms with Crippen molar-refractivity contribution in [2.45, 2.75) is 39.0 Å². The van der Waals surface area contributed by atoms with Crippen LogP contribution in [0.15, 0.2) is 29.8 Å². The summed E-state index contributed by atoms with van der Waals surface area (Å²) in [6.07, 6.45) is 8.23. The zero-order chi connectivity index (χ0) is 20.6. The highest BCUT2D eigenvalue weighted by molar-refractivity contribution is 5.94. The lowest BCUT2D eigenvalue weighted by atomic mass is 9.97. The number of nitrogens with zero attached hydrogens (tertiary/aromatic N) is 2. The summed E-state index contributed by atoms with van der Waals surface area (Å²) < 4.78 is 5.33. The molecule has 2 amide bonds. The molecule has 0 aromatic heterocycles. The second kappa shape index (κ2) is 10.4. The topological polar surface area (TPSA) is 61.9 Å². The van der Waals surface area contributed by atoms with Crippen LogP contribution in [0.3, 0.4) is 0 Å². The molecule has 0 atom stereocenters. The van der Waals surface area contributed by atoms with E-state index in [-0.39, 0.29) is 11.8 Å². The van der Waals surface area contributed by atoms with Gasteiger partial charge in [-0.25, -0.2) is 0 Å². The van der Waals surface area contributed by atoms with Crippen LogP contribution in [0.4, 0.5) is 0 Å². The molecule has 1 aromatic carbocycles. The van der Waals surface area contributed by atoms with Crippen molar-refractivity contribution in [3.8, 4) is 5.75 Å². The Morgan fingerprint density at radius 3 is 2.62 bits per heavy atom. The Morgan fingerprint density at radius 1 is 1.14 bits per heavy atom. The normalized spacial score (nSPS) is 17.6. The maximum absolute atomic E-state index is 12.8. The van der Waals surface area contributed by atoms with Gasteiger partial charge in [-0.05, 0) is 56.7 Å². The molecule has 0 spiro atoms. The Kier molecular flexibility index (Phi) is 7.69. The van der Waals surface area contributed by atoms with E-state index in [1.54, 1.807) is 13.2 Å². The summed E-state index contributed by atoms with van der Waals surface area (Å²) in [5.41, 5.74) is 3.15. The zero-order valence-electron chi connectivity index (χ0n) is 17.7. The maximum Gasteiger partial charge on any atom is 0.254 e. The fraction of sp³-hybridized carbons (Fsp3) is 0.565. The first-order valence-electron chi connectivity index (χ1n) is 10.7. The Bertz CT molecular complexity index is 752. The van der Waals surface area contributed by atoms with Gasteiger partial charge in [-0.15, -0.1) is 0 Å². The van der Waals surface area contributed by atoms with Gasteiger partial charge < -0.3 is 15.0 Å². The van der Waals surface area contributed by atoms with Gasteiger partial charge in [0.1, 0.15) is 5.75 Å². The lowest BCUT2D eigenvalue weighted by Gasteiger charge is -2.34. The third-order valence-corrected chi connectivity index (χ3v) is 5.84. The number of carbonyl (C=O) groups excluding carboxylic acids is 2. The highest BCUT2D eigenvalue weighted by Crippen LogP contribution is 2.21. The van der Waals surface area contributed by atoms with Gasteiger partial charge in [-0.1, -0.05) is 17.7 Å². The first-order chi connectivity index (χ1) is 14.1. The zero-order valence-corrected chi connectivity index (χ0v) is 17.7. The van der Waals surface area contributed by atoms with Crippen LogP contribution in [-0.4, -0.2) is 68.0 Å². The smallest absolute Gasteiger partial charge is 0.254 e. The Balaban J connectivity index is 1.40. The Morgan fingerprint density at radius 2 is 1.93 bits per heavy atom. The molecule has 1 aliphatic carbocycles. The summed E-state index contributed by atoms with van der Waals surface area (Å²) in [5, 5.41) is 3.04. The number of hydrogen-bond donors (Lipinski definition) is 1. The second-order valence-electron chi connectivity index (χ2n) is 7.96. The first-order valence-corrected chi connectivity index (χ1v) is 10.7. The molecule has 1 aromatic rings. The lowest BCUT2D eigenvalue weighted by Crippen LogP contribution is -2.51. The van der Waals surface area contributed by atoms with Crippen LogP contribution in [0, 0.1) is 6.92 Å². The van der Waals surface area contributed by atoms with E-state index >= 15 is 0 Å². The van der Waals surface area contributed by atoms with Crippen molar-refractivity contribution in [3.05, 3.63) is 41.0 Å². The molecule has 1 heterocycles. The molecule has 158 valence electrons. The number of amides is 2. The van der Waals surface area contributed by atoms with Gasteiger partial charge in [0.05, 0.1) is 13.7 Å². The van der Waals surface area contributed by atoms with Gasteiger partial charge in [0.15, 0.2) is 0 Å². The number of aryl methyl sites for hydroxylation is 1. The van der Waals surface area contributed by atoms with Crippen LogP contribution in [-0.2, 0) is 4.79 Å². The quantitative estimate of drug-likeness (QED) is 0.716. The predicted molar refractivity (Wildman–Crippen MR) is 114 cm³/mol. The summed E-state index contributed by atoms with van der Waals surface area (Å²) in [6, 6.07) is 5.57. The summed E-state index contributed by atoms with van der Waals surface area (Å²) in [4.78, 5) is 29.0. The largest absolute Gasteiger partial charge is 0.496 e. The number of hydrogen-bond acceptors (Lipinski definition) is 4. The summed E-state index contributed by atoms with van der Waals surface area (Å²) in [5.74, 6) is 0.827. The highest BCUT2D eigenvalue weighted by Gasteiger charge is 2.23. The number of ether oxygens (including phenoxy) is 1. The number of nitrogens with one attached hydrogen (secondary N) is 1. The predicted octanol–water partition coefficient (Wildman–Crippen LogP) is 2.77. The number of allylic oxidation sites excluding steroid dienone is 1. The Hall–Kier alpha value is -2.34. The van der Waals surface area contributed by atoms with Crippen molar-refractivity contribution in [2.24, 2.45) is 0 Å².